The van der Waals surface area contributed by atoms with Crippen molar-refractivity contribution in [2.45, 2.75) is 6.54 Å². The summed E-state index contributed by atoms with van der Waals surface area (Å²) in [6, 6.07) is 7.89. The minimum absolute atomic E-state index is 0.0867. The molecular formula is C19H12F2N2O3S. The molecule has 0 N–H and O–H groups in total. The molecule has 27 heavy (non-hydrogen) atoms. The Morgan fingerprint density at radius 3 is 2.59 bits per heavy atom. The fourth-order valence-electron chi connectivity index (χ4n) is 2.49. The third-order valence-corrected chi connectivity index (χ3v) is 4.77. The van der Waals surface area contributed by atoms with Crippen LogP contribution in [0, 0.1) is 24.0 Å². The normalized spacial score (nSPS) is 11.4. The van der Waals surface area contributed by atoms with Crippen LogP contribution in [0.1, 0.15) is 20.7 Å². The Bertz CT molecular complexity index is 1150. The Hall–Kier alpha value is -3.31. The van der Waals surface area contributed by atoms with E-state index in [4.69, 9.17) is 6.42 Å². The van der Waals surface area contributed by atoms with Crippen molar-refractivity contribution in [3.05, 3.63) is 64.0 Å². The average Bonchev–Trinajstić information content (AvgIpc) is 2.97. The van der Waals surface area contributed by atoms with Crippen LogP contribution in [-0.4, -0.2) is 23.6 Å². The number of ether oxygens (including phenoxy) is 1. The highest BCUT2D eigenvalue weighted by Gasteiger charge is 2.17. The van der Waals surface area contributed by atoms with Gasteiger partial charge in [0.1, 0.15) is 17.2 Å². The minimum Gasteiger partial charge on any atom is -0.465 e. The summed E-state index contributed by atoms with van der Waals surface area (Å²) in [6.45, 7) is 0.0867. The predicted molar refractivity (Wildman–Crippen MR) is 96.2 cm³/mol. The highest BCUT2D eigenvalue weighted by atomic mass is 32.1. The van der Waals surface area contributed by atoms with Crippen molar-refractivity contribution in [3.8, 4) is 12.3 Å². The van der Waals surface area contributed by atoms with E-state index in [-0.39, 0.29) is 11.3 Å². The van der Waals surface area contributed by atoms with Crippen LogP contribution in [0.4, 0.5) is 8.78 Å². The lowest BCUT2D eigenvalue weighted by molar-refractivity contribution is 0.0600. The van der Waals surface area contributed by atoms with Gasteiger partial charge in [-0.2, -0.15) is 4.99 Å². The third-order valence-electron chi connectivity index (χ3n) is 3.73. The van der Waals surface area contributed by atoms with Crippen LogP contribution in [0.5, 0.6) is 0 Å². The van der Waals surface area contributed by atoms with Gasteiger partial charge in [-0.05, 0) is 30.3 Å². The number of amides is 1. The fraction of sp³-hybridized carbons (Fsp3) is 0.105. The van der Waals surface area contributed by atoms with Crippen molar-refractivity contribution in [3.63, 3.8) is 0 Å². The van der Waals surface area contributed by atoms with Crippen molar-refractivity contribution < 1.29 is 23.1 Å². The molecule has 0 aliphatic heterocycles. The number of nitrogens with zero attached hydrogens (tertiary/aromatic N) is 2. The van der Waals surface area contributed by atoms with Gasteiger partial charge in [-0.3, -0.25) is 4.79 Å². The monoisotopic (exact) mass is 386 g/mol. The molecule has 0 spiro atoms. The highest BCUT2D eigenvalue weighted by molar-refractivity contribution is 7.16. The Kier molecular flexibility index (Phi) is 5.14. The first-order chi connectivity index (χ1) is 13.0. The van der Waals surface area contributed by atoms with Crippen LogP contribution in [0.15, 0.2) is 41.4 Å². The Balaban J connectivity index is 2.19. The van der Waals surface area contributed by atoms with E-state index in [1.807, 2.05) is 0 Å². The minimum atomic E-state index is -1.06. The zero-order valence-electron chi connectivity index (χ0n) is 14.0. The molecule has 0 saturated carbocycles. The van der Waals surface area contributed by atoms with Crippen LogP contribution in [0.2, 0.25) is 0 Å². The number of rotatable bonds is 3. The van der Waals surface area contributed by atoms with Crippen LogP contribution in [-0.2, 0) is 11.3 Å². The van der Waals surface area contributed by atoms with Crippen molar-refractivity contribution >= 4 is 33.4 Å². The van der Waals surface area contributed by atoms with E-state index in [2.05, 4.69) is 15.6 Å². The number of thiazole rings is 1. The van der Waals surface area contributed by atoms with Gasteiger partial charge in [-0.15, -0.1) is 6.42 Å². The molecule has 0 radical (unpaired) electrons. The van der Waals surface area contributed by atoms with Crippen molar-refractivity contribution in [2.75, 3.05) is 7.11 Å². The number of hydrogen-bond acceptors (Lipinski definition) is 4. The van der Waals surface area contributed by atoms with Gasteiger partial charge in [-0.25, -0.2) is 13.6 Å². The van der Waals surface area contributed by atoms with E-state index in [9.17, 15) is 18.4 Å². The largest absolute Gasteiger partial charge is 0.465 e. The standard InChI is InChI=1S/C19H12F2N2O3S/c1-3-9-23-14-8-7-11(18(25)26-2)10-15(14)27-19(23)22-17(24)16-12(20)5-4-6-13(16)21/h1,4-8,10H,9H2,2H3. The SMILES string of the molecule is C#CCn1c(=NC(=O)c2c(F)cccc2F)sc2cc(C(=O)OC)ccc21. The van der Waals surface area contributed by atoms with E-state index in [0.717, 1.165) is 29.5 Å². The summed E-state index contributed by atoms with van der Waals surface area (Å²) in [5.74, 6) is -1.13. The van der Waals surface area contributed by atoms with Crippen molar-refractivity contribution in [2.24, 2.45) is 4.99 Å². The average molecular weight is 386 g/mol. The molecule has 2 aromatic carbocycles. The second kappa shape index (κ2) is 7.51. The zero-order valence-corrected chi connectivity index (χ0v) is 14.8. The molecule has 0 saturated heterocycles. The molecule has 0 aliphatic rings. The topological polar surface area (TPSA) is 60.7 Å². The number of benzene rings is 2. The van der Waals surface area contributed by atoms with Crippen LogP contribution < -0.4 is 4.80 Å². The zero-order chi connectivity index (χ0) is 19.6. The van der Waals surface area contributed by atoms with E-state index >= 15 is 0 Å². The van der Waals surface area contributed by atoms with E-state index < -0.39 is 29.1 Å². The summed E-state index contributed by atoms with van der Waals surface area (Å²) in [6.07, 6.45) is 5.38. The summed E-state index contributed by atoms with van der Waals surface area (Å²) in [7, 11) is 1.27. The van der Waals surface area contributed by atoms with Gasteiger partial charge in [0.05, 0.1) is 29.4 Å². The molecule has 0 unspecified atom stereocenters. The number of halogens is 2. The quantitative estimate of drug-likeness (QED) is 0.513. The molecular weight excluding hydrogens is 374 g/mol. The lowest BCUT2D eigenvalue weighted by Crippen LogP contribution is -2.17. The maximum absolute atomic E-state index is 13.8. The number of terminal acetylenes is 1. The van der Waals surface area contributed by atoms with Crippen molar-refractivity contribution in [1.29, 1.82) is 0 Å². The van der Waals surface area contributed by atoms with Crippen LogP contribution in [0.25, 0.3) is 10.2 Å². The summed E-state index contributed by atoms with van der Waals surface area (Å²) >= 11 is 1.07. The molecule has 8 heteroatoms. The maximum Gasteiger partial charge on any atom is 0.337 e. The number of carbonyl (C=O) groups excluding carboxylic acids is 2. The first-order valence-electron chi connectivity index (χ1n) is 7.64. The van der Waals surface area contributed by atoms with Gasteiger partial charge in [-0.1, -0.05) is 23.3 Å². The predicted octanol–water partition coefficient (Wildman–Crippen LogP) is 3.14. The second-order valence-corrected chi connectivity index (χ2v) is 6.37. The molecule has 0 aliphatic carbocycles. The molecule has 0 bridgehead atoms. The van der Waals surface area contributed by atoms with Gasteiger partial charge in [0.25, 0.3) is 5.91 Å². The molecule has 1 heterocycles. The highest BCUT2D eigenvalue weighted by Crippen LogP contribution is 2.20. The first kappa shape index (κ1) is 18.5. The Morgan fingerprint density at radius 2 is 1.96 bits per heavy atom. The van der Waals surface area contributed by atoms with Gasteiger partial charge in [0.15, 0.2) is 4.80 Å². The van der Waals surface area contributed by atoms with Gasteiger partial charge in [0.2, 0.25) is 0 Å². The number of hydrogen-bond donors (Lipinski definition) is 0. The number of esters is 1. The molecule has 1 aromatic heterocycles. The summed E-state index contributed by atoms with van der Waals surface area (Å²) in [4.78, 5) is 28.0. The molecule has 0 fully saturated rings. The summed E-state index contributed by atoms with van der Waals surface area (Å²) in [5.41, 5.74) is 0.209. The number of carbonyl (C=O) groups is 2. The Labute approximate surface area is 156 Å². The first-order valence-corrected chi connectivity index (χ1v) is 8.46. The molecule has 3 aromatic rings. The molecule has 136 valence electrons. The molecule has 3 rings (SSSR count). The lowest BCUT2D eigenvalue weighted by atomic mass is 10.2. The van der Waals surface area contributed by atoms with E-state index in [0.29, 0.717) is 15.8 Å². The fourth-order valence-corrected chi connectivity index (χ4v) is 3.56. The smallest absolute Gasteiger partial charge is 0.337 e. The van der Waals surface area contributed by atoms with Gasteiger partial charge >= 0.3 is 5.97 Å². The van der Waals surface area contributed by atoms with Crippen LogP contribution >= 0.6 is 11.3 Å². The van der Waals surface area contributed by atoms with Gasteiger partial charge < -0.3 is 9.30 Å². The summed E-state index contributed by atoms with van der Waals surface area (Å²) in [5, 5.41) is 0. The number of aromatic nitrogens is 1. The third kappa shape index (κ3) is 3.50. The Morgan fingerprint density at radius 1 is 1.26 bits per heavy atom. The van der Waals surface area contributed by atoms with Crippen molar-refractivity contribution in [1.82, 2.24) is 4.57 Å². The number of fused-ring (bicyclic) bond motifs is 1. The maximum atomic E-state index is 13.8. The van der Waals surface area contributed by atoms with E-state index in [1.54, 1.807) is 22.8 Å². The van der Waals surface area contributed by atoms with Crippen LogP contribution in [0.3, 0.4) is 0 Å². The number of methoxy groups -OCH3 is 1. The second-order valence-electron chi connectivity index (χ2n) is 5.36. The molecule has 1 amide bonds. The molecule has 0 atom stereocenters. The van der Waals surface area contributed by atoms with E-state index in [1.165, 1.54) is 7.11 Å². The molecule has 5 nitrogen and oxygen atoms in total. The van der Waals surface area contributed by atoms with Gasteiger partial charge in [0, 0.05) is 0 Å². The lowest BCUT2D eigenvalue weighted by Gasteiger charge is -2.02. The summed E-state index contributed by atoms with van der Waals surface area (Å²) < 4.78 is 34.5.